The van der Waals surface area contributed by atoms with Crippen LogP contribution in [-0.4, -0.2) is 28.3 Å². The molecule has 1 unspecified atom stereocenters. The SMILES string of the molecule is O=C(Nc1nc2ccccc2[nH]1)C1CCN(c2cccc(Br)c2)C1=O. The molecule has 25 heavy (non-hydrogen) atoms. The number of hydrogen-bond donors (Lipinski definition) is 2. The van der Waals surface area contributed by atoms with E-state index in [1.54, 1.807) is 4.90 Å². The smallest absolute Gasteiger partial charge is 0.239 e. The predicted molar refractivity (Wildman–Crippen MR) is 99.3 cm³/mol. The average Bonchev–Trinajstić information content (AvgIpc) is 3.17. The summed E-state index contributed by atoms with van der Waals surface area (Å²) in [5.41, 5.74) is 2.40. The zero-order valence-corrected chi connectivity index (χ0v) is 14.8. The molecular formula is C18H15BrN4O2. The van der Waals surface area contributed by atoms with Crippen LogP contribution in [0.1, 0.15) is 6.42 Å². The van der Waals surface area contributed by atoms with Crippen LogP contribution < -0.4 is 10.2 Å². The number of aromatic amines is 1. The average molecular weight is 399 g/mol. The topological polar surface area (TPSA) is 78.1 Å². The molecule has 1 aromatic heterocycles. The van der Waals surface area contributed by atoms with Crippen LogP contribution in [0.15, 0.2) is 53.0 Å². The number of nitrogens with zero attached hydrogens (tertiary/aromatic N) is 2. The fourth-order valence-electron chi connectivity index (χ4n) is 3.04. The van der Waals surface area contributed by atoms with Gasteiger partial charge in [0.2, 0.25) is 17.8 Å². The van der Waals surface area contributed by atoms with Crippen molar-refractivity contribution in [1.29, 1.82) is 0 Å². The molecular weight excluding hydrogens is 384 g/mol. The Bertz CT molecular complexity index is 935. The van der Waals surface area contributed by atoms with Crippen molar-refractivity contribution in [2.45, 2.75) is 6.42 Å². The van der Waals surface area contributed by atoms with E-state index in [0.717, 1.165) is 21.2 Å². The van der Waals surface area contributed by atoms with E-state index in [4.69, 9.17) is 0 Å². The monoisotopic (exact) mass is 398 g/mol. The van der Waals surface area contributed by atoms with E-state index in [0.29, 0.717) is 18.9 Å². The van der Waals surface area contributed by atoms with Crippen LogP contribution >= 0.6 is 15.9 Å². The number of amides is 2. The molecule has 2 amide bonds. The van der Waals surface area contributed by atoms with Crippen LogP contribution in [0.5, 0.6) is 0 Å². The van der Waals surface area contributed by atoms with Gasteiger partial charge in [-0.2, -0.15) is 0 Å². The second kappa shape index (κ2) is 6.33. The summed E-state index contributed by atoms with van der Waals surface area (Å²) >= 11 is 3.40. The van der Waals surface area contributed by atoms with E-state index in [-0.39, 0.29) is 11.8 Å². The summed E-state index contributed by atoms with van der Waals surface area (Å²) < 4.78 is 0.896. The number of imidazole rings is 1. The number of halogens is 1. The van der Waals surface area contributed by atoms with Crippen molar-refractivity contribution in [1.82, 2.24) is 9.97 Å². The first-order valence-electron chi connectivity index (χ1n) is 7.94. The van der Waals surface area contributed by atoms with Crippen LogP contribution in [0.2, 0.25) is 0 Å². The second-order valence-corrected chi connectivity index (χ2v) is 6.82. The van der Waals surface area contributed by atoms with Crippen LogP contribution in [0.3, 0.4) is 0 Å². The van der Waals surface area contributed by atoms with Crippen molar-refractivity contribution in [2.24, 2.45) is 5.92 Å². The molecule has 2 N–H and O–H groups in total. The lowest BCUT2D eigenvalue weighted by atomic mass is 10.1. The van der Waals surface area contributed by atoms with Gasteiger partial charge in [0, 0.05) is 16.7 Å². The zero-order valence-electron chi connectivity index (χ0n) is 13.2. The van der Waals surface area contributed by atoms with Crippen molar-refractivity contribution in [2.75, 3.05) is 16.8 Å². The van der Waals surface area contributed by atoms with Gasteiger partial charge in [-0.25, -0.2) is 4.98 Å². The van der Waals surface area contributed by atoms with Gasteiger partial charge in [0.05, 0.1) is 11.0 Å². The molecule has 7 heteroatoms. The van der Waals surface area contributed by atoms with Gasteiger partial charge < -0.3 is 9.88 Å². The molecule has 0 bridgehead atoms. The van der Waals surface area contributed by atoms with E-state index >= 15 is 0 Å². The Morgan fingerprint density at radius 2 is 2.08 bits per heavy atom. The fourth-order valence-corrected chi connectivity index (χ4v) is 3.43. The number of H-pyrrole nitrogens is 1. The molecule has 1 atom stereocenters. The molecule has 0 radical (unpaired) electrons. The number of carbonyl (C=O) groups excluding carboxylic acids is 2. The highest BCUT2D eigenvalue weighted by Crippen LogP contribution is 2.28. The van der Waals surface area contributed by atoms with Gasteiger partial charge in [-0.1, -0.05) is 34.1 Å². The number of anilines is 2. The summed E-state index contributed by atoms with van der Waals surface area (Å²) in [6.07, 6.45) is 0.484. The lowest BCUT2D eigenvalue weighted by molar-refractivity contribution is -0.129. The molecule has 1 fully saturated rings. The Hall–Kier alpha value is -2.67. The lowest BCUT2D eigenvalue weighted by Crippen LogP contribution is -2.33. The predicted octanol–water partition coefficient (Wildman–Crippen LogP) is 3.32. The molecule has 2 aromatic carbocycles. The molecule has 6 nitrogen and oxygen atoms in total. The molecule has 4 rings (SSSR count). The van der Waals surface area contributed by atoms with E-state index in [2.05, 4.69) is 31.2 Å². The summed E-state index contributed by atoms with van der Waals surface area (Å²) in [5, 5.41) is 2.72. The minimum absolute atomic E-state index is 0.188. The van der Waals surface area contributed by atoms with E-state index in [1.165, 1.54) is 0 Å². The quantitative estimate of drug-likeness (QED) is 0.664. The third kappa shape index (κ3) is 3.02. The minimum Gasteiger partial charge on any atom is -0.324 e. The van der Waals surface area contributed by atoms with E-state index < -0.39 is 5.92 Å². The second-order valence-electron chi connectivity index (χ2n) is 5.90. The Morgan fingerprint density at radius 3 is 2.88 bits per heavy atom. The Kier molecular flexibility index (Phi) is 4.01. The lowest BCUT2D eigenvalue weighted by Gasteiger charge is -2.16. The molecule has 126 valence electrons. The van der Waals surface area contributed by atoms with Crippen molar-refractivity contribution >= 4 is 50.4 Å². The summed E-state index contributed by atoms with van der Waals surface area (Å²) in [5.74, 6) is -0.861. The summed E-state index contributed by atoms with van der Waals surface area (Å²) in [7, 11) is 0. The molecule has 0 spiro atoms. The number of nitrogens with one attached hydrogen (secondary N) is 2. The summed E-state index contributed by atoms with van der Waals surface area (Å²) in [6.45, 7) is 0.521. The summed E-state index contributed by atoms with van der Waals surface area (Å²) in [4.78, 5) is 34.2. The molecule has 1 saturated heterocycles. The highest BCUT2D eigenvalue weighted by molar-refractivity contribution is 9.10. The Morgan fingerprint density at radius 1 is 1.24 bits per heavy atom. The van der Waals surface area contributed by atoms with Crippen LogP contribution in [0.25, 0.3) is 11.0 Å². The van der Waals surface area contributed by atoms with Gasteiger partial charge in [-0.15, -0.1) is 0 Å². The molecule has 1 aliphatic rings. The van der Waals surface area contributed by atoms with Gasteiger partial charge in [-0.3, -0.25) is 14.9 Å². The first-order chi connectivity index (χ1) is 12.1. The van der Waals surface area contributed by atoms with Gasteiger partial charge >= 0.3 is 0 Å². The minimum atomic E-state index is -0.702. The number of fused-ring (bicyclic) bond motifs is 1. The highest BCUT2D eigenvalue weighted by Gasteiger charge is 2.37. The Labute approximate surface area is 152 Å². The third-order valence-corrected chi connectivity index (χ3v) is 4.77. The number of para-hydroxylation sites is 2. The van der Waals surface area contributed by atoms with Crippen molar-refractivity contribution in [3.63, 3.8) is 0 Å². The third-order valence-electron chi connectivity index (χ3n) is 4.27. The first-order valence-corrected chi connectivity index (χ1v) is 8.74. The van der Waals surface area contributed by atoms with Crippen LogP contribution in [0.4, 0.5) is 11.6 Å². The number of carbonyl (C=O) groups is 2. The van der Waals surface area contributed by atoms with Crippen molar-refractivity contribution in [3.8, 4) is 0 Å². The van der Waals surface area contributed by atoms with Gasteiger partial charge in [0.15, 0.2) is 0 Å². The first kappa shape index (κ1) is 15.8. The maximum Gasteiger partial charge on any atom is 0.239 e. The maximum atomic E-state index is 12.6. The van der Waals surface area contributed by atoms with Crippen molar-refractivity contribution in [3.05, 3.63) is 53.0 Å². The summed E-state index contributed by atoms with van der Waals surface area (Å²) in [6, 6.07) is 15.0. The van der Waals surface area contributed by atoms with Gasteiger partial charge in [-0.05, 0) is 36.8 Å². The standard InChI is InChI=1S/C18H15BrN4O2/c19-11-4-3-5-12(10-11)23-9-8-13(17(23)25)16(24)22-18-20-14-6-1-2-7-15(14)21-18/h1-7,10,13H,8-9H2,(H2,20,21,22,24). The van der Waals surface area contributed by atoms with Crippen molar-refractivity contribution < 1.29 is 9.59 Å². The maximum absolute atomic E-state index is 12.6. The highest BCUT2D eigenvalue weighted by atomic mass is 79.9. The van der Waals surface area contributed by atoms with Gasteiger partial charge in [0.1, 0.15) is 5.92 Å². The normalized spacial score (nSPS) is 17.2. The van der Waals surface area contributed by atoms with E-state index in [9.17, 15) is 9.59 Å². The Balaban J connectivity index is 1.50. The molecule has 0 aliphatic carbocycles. The number of aromatic nitrogens is 2. The van der Waals surface area contributed by atoms with Gasteiger partial charge in [0.25, 0.3) is 0 Å². The molecule has 0 saturated carbocycles. The van der Waals surface area contributed by atoms with Crippen LogP contribution in [0, 0.1) is 5.92 Å². The zero-order chi connectivity index (χ0) is 17.4. The molecule has 3 aromatic rings. The number of benzene rings is 2. The molecule has 2 heterocycles. The fraction of sp³-hybridized carbons (Fsp3) is 0.167. The molecule has 1 aliphatic heterocycles. The largest absolute Gasteiger partial charge is 0.324 e. The number of rotatable bonds is 3. The van der Waals surface area contributed by atoms with Crippen LogP contribution in [-0.2, 0) is 9.59 Å². The van der Waals surface area contributed by atoms with E-state index in [1.807, 2.05) is 48.5 Å². The number of hydrogen-bond acceptors (Lipinski definition) is 3.